The number of halogens is 1. The van der Waals surface area contributed by atoms with E-state index in [1.807, 2.05) is 13.0 Å². The number of rotatable bonds is 6. The molecule has 1 aromatic rings. The fourth-order valence-corrected chi connectivity index (χ4v) is 1.53. The maximum Gasteiger partial charge on any atom is 0.139 e. The second-order valence-electron chi connectivity index (χ2n) is 3.93. The van der Waals surface area contributed by atoms with Crippen molar-refractivity contribution in [3.05, 3.63) is 35.6 Å². The van der Waals surface area contributed by atoms with Gasteiger partial charge in [0.15, 0.2) is 0 Å². The van der Waals surface area contributed by atoms with Gasteiger partial charge in [-0.1, -0.05) is 17.3 Å². The second-order valence-corrected chi connectivity index (χ2v) is 3.93. The highest BCUT2D eigenvalue weighted by atomic mass is 19.1. The number of hydrogen-bond acceptors (Lipinski definition) is 3. The Morgan fingerprint density at radius 2 is 2.35 bits per heavy atom. The largest absolute Gasteiger partial charge is 0.409 e. The van der Waals surface area contributed by atoms with E-state index in [2.05, 4.69) is 10.5 Å². The summed E-state index contributed by atoms with van der Waals surface area (Å²) in [5.41, 5.74) is 6.25. The molecule has 1 atom stereocenters. The number of nitrogens with zero attached hydrogens (tertiary/aromatic N) is 1. The Kier molecular flexibility index (Phi) is 5.42. The van der Waals surface area contributed by atoms with Crippen molar-refractivity contribution in [3.63, 3.8) is 0 Å². The van der Waals surface area contributed by atoms with Crippen LogP contribution in [0.1, 0.15) is 31.4 Å². The summed E-state index contributed by atoms with van der Waals surface area (Å²) in [7, 11) is 0. The lowest BCUT2D eigenvalue weighted by molar-refractivity contribution is 0.316. The molecule has 94 valence electrons. The maximum atomic E-state index is 13.0. The van der Waals surface area contributed by atoms with Crippen LogP contribution in [0.25, 0.3) is 0 Å². The van der Waals surface area contributed by atoms with Crippen molar-refractivity contribution in [2.24, 2.45) is 10.9 Å². The minimum absolute atomic E-state index is 0.0815. The van der Waals surface area contributed by atoms with Crippen molar-refractivity contribution in [3.8, 4) is 0 Å². The highest BCUT2D eigenvalue weighted by molar-refractivity contribution is 5.79. The van der Waals surface area contributed by atoms with Gasteiger partial charge in [-0.15, -0.1) is 0 Å². The predicted molar refractivity (Wildman–Crippen MR) is 65.5 cm³/mol. The van der Waals surface area contributed by atoms with Crippen LogP contribution in [0.3, 0.4) is 0 Å². The SMILES string of the molecule is CC(NCCCC(N)=NO)c1cccc(F)c1. The molecule has 0 aromatic heterocycles. The van der Waals surface area contributed by atoms with Gasteiger partial charge in [0, 0.05) is 12.5 Å². The fourth-order valence-electron chi connectivity index (χ4n) is 1.53. The van der Waals surface area contributed by atoms with Gasteiger partial charge < -0.3 is 16.3 Å². The first-order chi connectivity index (χ1) is 8.13. The van der Waals surface area contributed by atoms with E-state index in [9.17, 15) is 4.39 Å². The third kappa shape index (κ3) is 4.82. The van der Waals surface area contributed by atoms with Crippen molar-refractivity contribution in [1.29, 1.82) is 0 Å². The molecule has 0 spiro atoms. The molecule has 0 aliphatic heterocycles. The van der Waals surface area contributed by atoms with Crippen LogP contribution in [-0.4, -0.2) is 17.6 Å². The van der Waals surface area contributed by atoms with Gasteiger partial charge in [0.1, 0.15) is 11.7 Å². The van der Waals surface area contributed by atoms with E-state index in [4.69, 9.17) is 10.9 Å². The van der Waals surface area contributed by atoms with Crippen molar-refractivity contribution in [2.45, 2.75) is 25.8 Å². The van der Waals surface area contributed by atoms with Gasteiger partial charge in [-0.25, -0.2) is 4.39 Å². The Hall–Kier alpha value is -1.62. The molecule has 0 aliphatic carbocycles. The Morgan fingerprint density at radius 3 is 3.00 bits per heavy atom. The summed E-state index contributed by atoms with van der Waals surface area (Å²) < 4.78 is 13.0. The van der Waals surface area contributed by atoms with E-state index in [-0.39, 0.29) is 17.7 Å². The maximum absolute atomic E-state index is 13.0. The number of nitrogens with one attached hydrogen (secondary N) is 1. The highest BCUT2D eigenvalue weighted by Gasteiger charge is 2.05. The minimum atomic E-state index is -0.229. The third-order valence-electron chi connectivity index (χ3n) is 2.54. The Morgan fingerprint density at radius 1 is 1.59 bits per heavy atom. The molecule has 4 nitrogen and oxygen atoms in total. The zero-order chi connectivity index (χ0) is 12.7. The van der Waals surface area contributed by atoms with Crippen LogP contribution >= 0.6 is 0 Å². The molecular weight excluding hydrogens is 221 g/mol. The van der Waals surface area contributed by atoms with Crippen LogP contribution in [-0.2, 0) is 0 Å². The normalized spacial score (nSPS) is 13.6. The zero-order valence-corrected chi connectivity index (χ0v) is 9.86. The molecule has 0 fully saturated rings. The molecule has 1 rings (SSSR count). The number of nitrogens with two attached hydrogens (primary N) is 1. The zero-order valence-electron chi connectivity index (χ0n) is 9.86. The lowest BCUT2D eigenvalue weighted by Gasteiger charge is -2.14. The standard InChI is InChI=1S/C12H18FN3O/c1-9(10-4-2-5-11(13)8-10)15-7-3-6-12(14)16-17/h2,4-5,8-9,15,17H,3,6-7H2,1H3,(H2,14,16). The molecule has 0 saturated heterocycles. The molecular formula is C12H18FN3O. The highest BCUT2D eigenvalue weighted by Crippen LogP contribution is 2.13. The van der Waals surface area contributed by atoms with Gasteiger partial charge in [0.2, 0.25) is 0 Å². The molecule has 5 heteroatoms. The van der Waals surface area contributed by atoms with E-state index in [0.717, 1.165) is 18.5 Å². The molecule has 0 heterocycles. The van der Waals surface area contributed by atoms with Crippen LogP contribution in [0, 0.1) is 5.82 Å². The lowest BCUT2D eigenvalue weighted by atomic mass is 10.1. The quantitative estimate of drug-likeness (QED) is 0.234. The van der Waals surface area contributed by atoms with Crippen LogP contribution < -0.4 is 11.1 Å². The van der Waals surface area contributed by atoms with Gasteiger partial charge in [-0.2, -0.15) is 0 Å². The first-order valence-electron chi connectivity index (χ1n) is 5.58. The molecule has 4 N–H and O–H groups in total. The fraction of sp³-hybridized carbons (Fsp3) is 0.417. The monoisotopic (exact) mass is 239 g/mol. The summed E-state index contributed by atoms with van der Waals surface area (Å²) in [6.45, 7) is 2.70. The van der Waals surface area contributed by atoms with Crippen molar-refractivity contribution >= 4 is 5.84 Å². The summed E-state index contributed by atoms with van der Waals surface area (Å²) >= 11 is 0. The van der Waals surface area contributed by atoms with Crippen molar-refractivity contribution in [2.75, 3.05) is 6.54 Å². The molecule has 1 unspecified atom stereocenters. The summed E-state index contributed by atoms with van der Waals surface area (Å²) in [6.07, 6.45) is 1.31. The molecule has 0 aliphatic rings. The average molecular weight is 239 g/mol. The molecule has 0 bridgehead atoms. The summed E-state index contributed by atoms with van der Waals surface area (Å²) in [6, 6.07) is 6.59. The van der Waals surface area contributed by atoms with E-state index in [1.165, 1.54) is 12.1 Å². The first-order valence-corrected chi connectivity index (χ1v) is 5.58. The van der Waals surface area contributed by atoms with E-state index >= 15 is 0 Å². The summed E-state index contributed by atoms with van der Waals surface area (Å²) in [5, 5.41) is 14.5. The number of hydrogen-bond donors (Lipinski definition) is 3. The number of benzene rings is 1. The van der Waals surface area contributed by atoms with Gasteiger partial charge in [0.25, 0.3) is 0 Å². The Bertz CT molecular complexity index is 382. The van der Waals surface area contributed by atoms with Crippen molar-refractivity contribution < 1.29 is 9.60 Å². The third-order valence-corrected chi connectivity index (χ3v) is 2.54. The Balaban J connectivity index is 2.32. The predicted octanol–water partition coefficient (Wildman–Crippen LogP) is 2.00. The molecule has 0 saturated carbocycles. The minimum Gasteiger partial charge on any atom is -0.409 e. The van der Waals surface area contributed by atoms with Crippen LogP contribution in [0.5, 0.6) is 0 Å². The topological polar surface area (TPSA) is 70.6 Å². The van der Waals surface area contributed by atoms with Gasteiger partial charge in [-0.3, -0.25) is 0 Å². The summed E-state index contributed by atoms with van der Waals surface area (Å²) in [5.74, 6) is -0.00184. The number of oxime groups is 1. The van der Waals surface area contributed by atoms with Crippen molar-refractivity contribution in [1.82, 2.24) is 5.32 Å². The van der Waals surface area contributed by atoms with Crippen LogP contribution in [0.2, 0.25) is 0 Å². The van der Waals surface area contributed by atoms with Gasteiger partial charge >= 0.3 is 0 Å². The molecule has 1 aromatic carbocycles. The molecule has 0 radical (unpaired) electrons. The lowest BCUT2D eigenvalue weighted by Crippen LogP contribution is -2.21. The summed E-state index contributed by atoms with van der Waals surface area (Å²) in [4.78, 5) is 0. The smallest absolute Gasteiger partial charge is 0.139 e. The van der Waals surface area contributed by atoms with E-state index < -0.39 is 0 Å². The van der Waals surface area contributed by atoms with E-state index in [0.29, 0.717) is 6.42 Å². The van der Waals surface area contributed by atoms with Gasteiger partial charge in [0.05, 0.1) is 0 Å². The average Bonchev–Trinajstić information content (AvgIpc) is 2.34. The van der Waals surface area contributed by atoms with Gasteiger partial charge in [-0.05, 0) is 37.6 Å². The van der Waals surface area contributed by atoms with Crippen LogP contribution in [0.15, 0.2) is 29.4 Å². The molecule has 0 amide bonds. The first kappa shape index (κ1) is 13.4. The number of amidine groups is 1. The van der Waals surface area contributed by atoms with E-state index in [1.54, 1.807) is 6.07 Å². The second kappa shape index (κ2) is 6.85. The Labute approximate surface area is 100 Å². The molecule has 17 heavy (non-hydrogen) atoms. The van der Waals surface area contributed by atoms with Crippen LogP contribution in [0.4, 0.5) is 4.39 Å².